The van der Waals surface area contributed by atoms with Crippen molar-refractivity contribution < 1.29 is 13.5 Å². The minimum Gasteiger partial charge on any atom is -0.493 e. The molecule has 3 aromatic heterocycles. The monoisotopic (exact) mass is 418 g/mol. The van der Waals surface area contributed by atoms with E-state index in [4.69, 9.17) is 4.74 Å². The molecular formula is C22H16F2N6O. The van der Waals surface area contributed by atoms with Crippen LogP contribution in [0.2, 0.25) is 0 Å². The molecule has 7 nitrogen and oxygen atoms in total. The number of pyridine rings is 1. The van der Waals surface area contributed by atoms with Crippen LogP contribution in [0.25, 0.3) is 16.8 Å². The van der Waals surface area contributed by atoms with Crippen molar-refractivity contribution in [2.24, 2.45) is 0 Å². The number of nitrogens with zero attached hydrogens (tertiary/aromatic N) is 5. The Balaban J connectivity index is 1.57. The van der Waals surface area contributed by atoms with Gasteiger partial charge in [-0.05, 0) is 25.1 Å². The number of hydrogen-bond donors (Lipinski definition) is 1. The number of imidazole rings is 1. The van der Waals surface area contributed by atoms with Gasteiger partial charge in [-0.3, -0.25) is 9.38 Å². The van der Waals surface area contributed by atoms with E-state index in [-0.39, 0.29) is 18.1 Å². The van der Waals surface area contributed by atoms with Crippen LogP contribution in [0.15, 0.2) is 36.8 Å². The van der Waals surface area contributed by atoms with E-state index in [0.717, 1.165) is 11.8 Å². The highest BCUT2D eigenvalue weighted by molar-refractivity contribution is 5.79. The summed E-state index contributed by atoms with van der Waals surface area (Å²) in [6.07, 6.45) is 4.86. The smallest absolute Gasteiger partial charge is 0.208 e. The highest BCUT2D eigenvalue weighted by Gasteiger charge is 2.20. The van der Waals surface area contributed by atoms with Gasteiger partial charge >= 0.3 is 0 Å². The van der Waals surface area contributed by atoms with Crippen LogP contribution in [0, 0.1) is 29.9 Å². The summed E-state index contributed by atoms with van der Waals surface area (Å²) in [5, 5.41) is 12.5. The Morgan fingerprint density at radius 3 is 2.94 bits per heavy atom. The maximum absolute atomic E-state index is 14.5. The molecule has 154 valence electrons. The molecule has 0 aliphatic carbocycles. The number of rotatable bonds is 4. The van der Waals surface area contributed by atoms with E-state index < -0.39 is 5.82 Å². The number of nitriles is 1. The lowest BCUT2D eigenvalue weighted by Gasteiger charge is -2.13. The molecule has 0 unspecified atom stereocenters. The number of aromatic nitrogens is 4. The first kappa shape index (κ1) is 18.9. The molecule has 31 heavy (non-hydrogen) atoms. The number of halogens is 2. The first-order valence-electron chi connectivity index (χ1n) is 9.63. The molecule has 5 rings (SSSR count). The summed E-state index contributed by atoms with van der Waals surface area (Å²) in [5.74, 6) is 0.263. The summed E-state index contributed by atoms with van der Waals surface area (Å²) < 4.78 is 35.4. The Hall–Kier alpha value is -4.06. The topological polar surface area (TPSA) is 88.1 Å². The molecule has 0 bridgehead atoms. The molecule has 0 saturated heterocycles. The number of aryl methyl sites for hydroxylation is 1. The van der Waals surface area contributed by atoms with Gasteiger partial charge in [0.25, 0.3) is 0 Å². The van der Waals surface area contributed by atoms with E-state index in [2.05, 4.69) is 20.3 Å². The van der Waals surface area contributed by atoms with Crippen molar-refractivity contribution in [2.45, 2.75) is 19.9 Å². The first-order chi connectivity index (χ1) is 15.0. The minimum absolute atomic E-state index is 0.180. The zero-order valence-corrected chi connectivity index (χ0v) is 16.5. The van der Waals surface area contributed by atoms with E-state index in [9.17, 15) is 14.0 Å². The zero-order chi connectivity index (χ0) is 21.5. The molecule has 0 amide bonds. The normalized spacial score (nSPS) is 12.5. The van der Waals surface area contributed by atoms with Gasteiger partial charge < -0.3 is 10.1 Å². The Kier molecular flexibility index (Phi) is 4.47. The Morgan fingerprint density at radius 2 is 2.10 bits per heavy atom. The summed E-state index contributed by atoms with van der Waals surface area (Å²) in [7, 11) is 0. The lowest BCUT2D eigenvalue weighted by molar-refractivity contribution is 0.356. The van der Waals surface area contributed by atoms with Crippen molar-refractivity contribution in [3.63, 3.8) is 0 Å². The van der Waals surface area contributed by atoms with Crippen molar-refractivity contribution in [3.8, 4) is 22.9 Å². The quantitative estimate of drug-likeness (QED) is 0.542. The maximum Gasteiger partial charge on any atom is 0.208 e. The third-order valence-corrected chi connectivity index (χ3v) is 5.31. The summed E-state index contributed by atoms with van der Waals surface area (Å²) in [4.78, 5) is 12.8. The van der Waals surface area contributed by atoms with Crippen LogP contribution in [0.3, 0.4) is 0 Å². The lowest BCUT2D eigenvalue weighted by Crippen LogP contribution is -2.10. The highest BCUT2D eigenvalue weighted by atomic mass is 19.1. The molecule has 0 spiro atoms. The average Bonchev–Trinajstić information content (AvgIpc) is 3.42. The predicted octanol–water partition coefficient (Wildman–Crippen LogP) is 3.80. The van der Waals surface area contributed by atoms with Crippen LogP contribution in [-0.4, -0.2) is 26.0 Å². The van der Waals surface area contributed by atoms with Gasteiger partial charge in [0.2, 0.25) is 5.95 Å². The van der Waals surface area contributed by atoms with E-state index in [1.807, 2.05) is 6.07 Å². The van der Waals surface area contributed by atoms with Crippen molar-refractivity contribution in [2.75, 3.05) is 11.9 Å². The van der Waals surface area contributed by atoms with Gasteiger partial charge in [0.05, 0.1) is 19.0 Å². The first-order valence-corrected chi connectivity index (χ1v) is 9.63. The number of hydrogen-bond acceptors (Lipinski definition) is 6. The Labute approximate surface area is 176 Å². The minimum atomic E-state index is -0.483. The standard InChI is InChI=1S/C22H16F2N6O/c1-12-16(6-13(23)8-26-12)18-10-28-22(30-11-14(7-25)29-21(18)30)27-9-17-15-4-5-31-20(15)3-2-19(17)24/h2-3,6,8,10-11H,4-5,9H2,1H3,(H,27,28). The second kappa shape index (κ2) is 7.32. The maximum atomic E-state index is 14.5. The molecule has 4 heterocycles. The summed E-state index contributed by atoms with van der Waals surface area (Å²) in [6, 6.07) is 6.39. The zero-order valence-electron chi connectivity index (χ0n) is 16.5. The van der Waals surface area contributed by atoms with Crippen LogP contribution < -0.4 is 10.1 Å². The van der Waals surface area contributed by atoms with E-state index in [1.54, 1.807) is 23.6 Å². The number of nitrogens with one attached hydrogen (secondary N) is 1. The molecular weight excluding hydrogens is 402 g/mol. The Bertz CT molecular complexity index is 1370. The van der Waals surface area contributed by atoms with Gasteiger partial charge in [-0.15, -0.1) is 0 Å². The van der Waals surface area contributed by atoms with Crippen molar-refractivity contribution >= 4 is 11.6 Å². The van der Waals surface area contributed by atoms with Gasteiger partial charge in [-0.2, -0.15) is 5.26 Å². The van der Waals surface area contributed by atoms with Crippen molar-refractivity contribution in [1.29, 1.82) is 5.26 Å². The highest BCUT2D eigenvalue weighted by Crippen LogP contribution is 2.31. The van der Waals surface area contributed by atoms with Gasteiger partial charge in [-0.25, -0.2) is 18.7 Å². The fourth-order valence-corrected chi connectivity index (χ4v) is 3.81. The lowest BCUT2D eigenvalue weighted by atomic mass is 10.0. The van der Waals surface area contributed by atoms with Gasteiger partial charge in [0.15, 0.2) is 11.3 Å². The third-order valence-electron chi connectivity index (χ3n) is 5.31. The van der Waals surface area contributed by atoms with E-state index in [0.29, 0.717) is 52.8 Å². The van der Waals surface area contributed by atoms with Crippen molar-refractivity contribution in [1.82, 2.24) is 19.4 Å². The van der Waals surface area contributed by atoms with E-state index >= 15 is 0 Å². The van der Waals surface area contributed by atoms with Crippen LogP contribution in [0.1, 0.15) is 22.5 Å². The van der Waals surface area contributed by atoms with Crippen LogP contribution in [0.5, 0.6) is 5.75 Å². The van der Waals surface area contributed by atoms with Crippen LogP contribution in [0.4, 0.5) is 14.7 Å². The van der Waals surface area contributed by atoms with Crippen LogP contribution >= 0.6 is 0 Å². The largest absolute Gasteiger partial charge is 0.493 e. The molecule has 1 aliphatic rings. The third kappa shape index (κ3) is 3.22. The fraction of sp³-hybridized carbons (Fsp3) is 0.182. The Morgan fingerprint density at radius 1 is 1.23 bits per heavy atom. The van der Waals surface area contributed by atoms with Crippen LogP contribution in [-0.2, 0) is 13.0 Å². The van der Waals surface area contributed by atoms with Gasteiger partial charge in [0, 0.05) is 47.1 Å². The second-order valence-corrected chi connectivity index (χ2v) is 7.17. The molecule has 9 heteroatoms. The number of ether oxygens (including phenoxy) is 1. The molecule has 0 fully saturated rings. The average molecular weight is 418 g/mol. The predicted molar refractivity (Wildman–Crippen MR) is 109 cm³/mol. The molecule has 0 radical (unpaired) electrons. The summed E-state index contributed by atoms with van der Waals surface area (Å²) in [6.45, 7) is 2.46. The van der Waals surface area contributed by atoms with E-state index in [1.165, 1.54) is 18.3 Å². The summed E-state index contributed by atoms with van der Waals surface area (Å²) >= 11 is 0. The molecule has 4 aromatic rings. The molecule has 1 aromatic carbocycles. The van der Waals surface area contributed by atoms with Crippen molar-refractivity contribution in [3.05, 3.63) is 70.9 Å². The van der Waals surface area contributed by atoms with Gasteiger partial charge in [0.1, 0.15) is 23.5 Å². The molecule has 1 aliphatic heterocycles. The fourth-order valence-electron chi connectivity index (χ4n) is 3.81. The SMILES string of the molecule is Cc1ncc(F)cc1-c1cnc(NCc2c(F)ccc3c2CCO3)n2cc(C#N)nc12. The number of fused-ring (bicyclic) bond motifs is 2. The molecule has 0 saturated carbocycles. The number of anilines is 1. The summed E-state index contributed by atoms with van der Waals surface area (Å²) in [5.41, 5.74) is 3.63. The molecule has 1 N–H and O–H groups in total. The molecule has 0 atom stereocenters. The number of benzene rings is 1. The second-order valence-electron chi connectivity index (χ2n) is 7.17. The van der Waals surface area contributed by atoms with Gasteiger partial charge in [-0.1, -0.05) is 0 Å².